The summed E-state index contributed by atoms with van der Waals surface area (Å²) in [5.74, 6) is -0.108. The van der Waals surface area contributed by atoms with Crippen molar-refractivity contribution < 1.29 is 24.5 Å². The second-order valence-electron chi connectivity index (χ2n) is 15.8. The number of aliphatic hydroxyl groups excluding tert-OH is 1. The Kier molecular flexibility index (Phi) is 23.0. The van der Waals surface area contributed by atoms with E-state index >= 15 is 0 Å². The van der Waals surface area contributed by atoms with Gasteiger partial charge in [-0.1, -0.05) is 113 Å². The summed E-state index contributed by atoms with van der Waals surface area (Å²) >= 11 is 0. The summed E-state index contributed by atoms with van der Waals surface area (Å²) in [6, 6.07) is 0. The monoisotopic (exact) mass is 685 g/mol. The quantitative estimate of drug-likeness (QED) is 0.0311. The first-order valence-electron chi connectivity index (χ1n) is 20.0. The highest BCUT2D eigenvalue weighted by Crippen LogP contribution is 2.55. The van der Waals surface area contributed by atoms with Crippen LogP contribution in [-0.2, 0) is 14.3 Å². The summed E-state index contributed by atoms with van der Waals surface area (Å²) in [4.78, 5) is 24.4. The molecule has 0 heterocycles. The average Bonchev–Trinajstić information content (AvgIpc) is 3.05. The number of ether oxygens (including phenoxy) is 1. The molecule has 1 unspecified atom stereocenters. The second-order valence-corrected chi connectivity index (χ2v) is 15.8. The third kappa shape index (κ3) is 17.7. The van der Waals surface area contributed by atoms with Crippen LogP contribution in [0.3, 0.4) is 0 Å². The number of rotatable bonds is 26. The van der Waals surface area contributed by atoms with Crippen molar-refractivity contribution in [2.75, 3.05) is 6.61 Å². The Bertz CT molecular complexity index is 1070. The van der Waals surface area contributed by atoms with Crippen LogP contribution >= 0.6 is 0 Å². The molecule has 49 heavy (non-hydrogen) atoms. The molecular formula is C44H76O5. The lowest BCUT2D eigenvalue weighted by atomic mass is 9.54. The number of unbranched alkanes of at least 4 members (excludes halogenated alkanes) is 10. The highest BCUT2D eigenvalue weighted by molar-refractivity contribution is 5.74. The van der Waals surface area contributed by atoms with E-state index in [4.69, 9.17) is 4.74 Å². The van der Waals surface area contributed by atoms with Crippen LogP contribution in [0, 0.1) is 11.3 Å². The maximum absolute atomic E-state index is 12.5. The fraction of sp³-hybridized carbons (Fsp3) is 0.773. The Morgan fingerprint density at radius 2 is 1.47 bits per heavy atom. The van der Waals surface area contributed by atoms with Gasteiger partial charge >= 0.3 is 5.97 Å². The average molecular weight is 685 g/mol. The molecule has 1 aliphatic rings. The van der Waals surface area contributed by atoms with Crippen LogP contribution < -0.4 is 0 Å². The molecule has 1 fully saturated rings. The number of carbonyl (C=O) groups excluding carboxylic acids is 2. The Hall–Kier alpha value is -1.98. The van der Waals surface area contributed by atoms with Crippen LogP contribution in [0.25, 0.3) is 0 Å². The van der Waals surface area contributed by atoms with E-state index in [0.29, 0.717) is 38.7 Å². The van der Waals surface area contributed by atoms with Crippen LogP contribution in [0.4, 0.5) is 0 Å². The molecule has 1 aliphatic carbocycles. The van der Waals surface area contributed by atoms with Crippen molar-refractivity contribution in [3.05, 3.63) is 46.1 Å². The normalized spacial score (nSPS) is 23.3. The number of hydrogen-bond donors (Lipinski definition) is 2. The summed E-state index contributed by atoms with van der Waals surface area (Å²) in [6.07, 6.45) is 28.1. The molecule has 0 bridgehead atoms. The zero-order valence-electron chi connectivity index (χ0n) is 33.1. The maximum atomic E-state index is 12.5. The molecule has 0 amide bonds. The topological polar surface area (TPSA) is 83.8 Å². The van der Waals surface area contributed by atoms with E-state index in [9.17, 15) is 19.8 Å². The van der Waals surface area contributed by atoms with E-state index in [1.54, 1.807) is 0 Å². The summed E-state index contributed by atoms with van der Waals surface area (Å²) < 4.78 is 5.65. The molecule has 5 heteroatoms. The fourth-order valence-corrected chi connectivity index (χ4v) is 7.49. The summed E-state index contributed by atoms with van der Waals surface area (Å²) in [5.41, 5.74) is 4.10. The van der Waals surface area contributed by atoms with Crippen molar-refractivity contribution in [1.29, 1.82) is 0 Å². The summed E-state index contributed by atoms with van der Waals surface area (Å²) in [5, 5.41) is 22.6. The van der Waals surface area contributed by atoms with Crippen molar-refractivity contribution in [1.82, 2.24) is 0 Å². The lowest BCUT2D eigenvalue weighted by Gasteiger charge is -2.53. The summed E-state index contributed by atoms with van der Waals surface area (Å²) in [7, 11) is 0. The van der Waals surface area contributed by atoms with Crippen molar-refractivity contribution in [2.45, 2.75) is 202 Å². The first-order chi connectivity index (χ1) is 23.3. The van der Waals surface area contributed by atoms with Gasteiger partial charge in [-0.15, -0.1) is 0 Å². The molecule has 1 rings (SSSR count). The number of aldehydes is 1. The van der Waals surface area contributed by atoms with Crippen LogP contribution in [-0.4, -0.2) is 40.8 Å². The molecule has 4 atom stereocenters. The third-order valence-electron chi connectivity index (χ3n) is 11.3. The maximum Gasteiger partial charge on any atom is 0.305 e. The smallest absolute Gasteiger partial charge is 0.305 e. The minimum absolute atomic E-state index is 0.0109. The molecular weight excluding hydrogens is 608 g/mol. The molecule has 0 aromatic rings. The van der Waals surface area contributed by atoms with Crippen LogP contribution in [0.5, 0.6) is 0 Å². The van der Waals surface area contributed by atoms with Gasteiger partial charge in [0.05, 0.1) is 18.3 Å². The first kappa shape index (κ1) is 45.0. The van der Waals surface area contributed by atoms with E-state index in [-0.39, 0.29) is 11.9 Å². The number of aliphatic hydroxyl groups is 2. The molecule has 0 aromatic heterocycles. The molecule has 0 aromatic carbocycles. The van der Waals surface area contributed by atoms with Crippen LogP contribution in [0.1, 0.15) is 190 Å². The number of hydrogen-bond acceptors (Lipinski definition) is 5. The van der Waals surface area contributed by atoms with Crippen LogP contribution in [0.15, 0.2) is 46.1 Å². The standard InChI is InChI=1S/C44H76O5/c1-9-10-11-12-13-14-15-16-17-18-19-27-42(47)49-33-22-26-40-39(38(6)34-45)30-32-44(8,48)43(40,7)31-21-25-37(5)41(46)29-28-36(4)24-20-23-35(2)3/h23,25,28,34,40-41,46,48H,9-22,24,26-27,29-33H2,1-8H3/b36-28+,37-25+,39-38+/t40-,41?,43+,44+/m1/s1. The Morgan fingerprint density at radius 1 is 0.857 bits per heavy atom. The van der Waals surface area contributed by atoms with Crippen molar-refractivity contribution in [2.24, 2.45) is 11.3 Å². The minimum atomic E-state index is -0.901. The van der Waals surface area contributed by atoms with Gasteiger partial charge in [0, 0.05) is 11.8 Å². The van der Waals surface area contributed by atoms with Gasteiger partial charge in [-0.2, -0.15) is 0 Å². The van der Waals surface area contributed by atoms with Gasteiger partial charge in [-0.25, -0.2) is 0 Å². The fourth-order valence-electron chi connectivity index (χ4n) is 7.49. The van der Waals surface area contributed by atoms with Crippen molar-refractivity contribution in [3.8, 4) is 0 Å². The second kappa shape index (κ2) is 25.1. The highest BCUT2D eigenvalue weighted by Gasteiger charge is 2.52. The molecule has 5 nitrogen and oxygen atoms in total. The lowest BCUT2D eigenvalue weighted by Crippen LogP contribution is -2.52. The molecule has 2 N–H and O–H groups in total. The minimum Gasteiger partial charge on any atom is -0.466 e. The third-order valence-corrected chi connectivity index (χ3v) is 11.3. The zero-order chi connectivity index (χ0) is 36.7. The van der Waals surface area contributed by atoms with Gasteiger partial charge in [0.2, 0.25) is 0 Å². The van der Waals surface area contributed by atoms with E-state index < -0.39 is 17.1 Å². The molecule has 1 saturated carbocycles. The Morgan fingerprint density at radius 3 is 2.06 bits per heavy atom. The van der Waals surface area contributed by atoms with Gasteiger partial charge in [0.1, 0.15) is 6.29 Å². The predicted molar refractivity (Wildman–Crippen MR) is 208 cm³/mol. The van der Waals surface area contributed by atoms with E-state index in [1.165, 1.54) is 68.9 Å². The van der Waals surface area contributed by atoms with Crippen molar-refractivity contribution >= 4 is 12.3 Å². The Labute approximate surface area is 302 Å². The van der Waals surface area contributed by atoms with E-state index in [1.807, 2.05) is 20.8 Å². The molecule has 282 valence electrons. The number of carbonyl (C=O) groups is 2. The lowest BCUT2D eigenvalue weighted by molar-refractivity contribution is -0.144. The molecule has 0 spiro atoms. The predicted octanol–water partition coefficient (Wildman–Crippen LogP) is 11.9. The largest absolute Gasteiger partial charge is 0.466 e. The first-order valence-corrected chi connectivity index (χ1v) is 20.0. The number of esters is 1. The van der Waals surface area contributed by atoms with E-state index in [0.717, 1.165) is 68.0 Å². The zero-order valence-corrected chi connectivity index (χ0v) is 33.1. The molecule has 0 saturated heterocycles. The van der Waals surface area contributed by atoms with Crippen molar-refractivity contribution in [3.63, 3.8) is 0 Å². The SMILES string of the molecule is CCCCCCCCCCCCCC(=O)OCCC[C@@H]1/C(=C(\C)C=O)CC[C@](C)(O)[C@@]1(C)CC/C=C(\C)C(O)C/C=C(\C)CCC=C(C)C. The van der Waals surface area contributed by atoms with Gasteiger partial charge in [-0.05, 0) is 123 Å². The van der Waals surface area contributed by atoms with E-state index in [2.05, 4.69) is 52.8 Å². The Balaban J connectivity index is 2.67. The molecule has 0 aliphatic heterocycles. The highest BCUT2D eigenvalue weighted by atomic mass is 16.5. The van der Waals surface area contributed by atoms with Crippen LogP contribution in [0.2, 0.25) is 0 Å². The molecule has 0 radical (unpaired) electrons. The van der Waals surface area contributed by atoms with Gasteiger partial charge in [0.25, 0.3) is 0 Å². The van der Waals surface area contributed by atoms with Gasteiger partial charge < -0.3 is 14.9 Å². The van der Waals surface area contributed by atoms with Gasteiger partial charge in [0.15, 0.2) is 0 Å². The summed E-state index contributed by atoms with van der Waals surface area (Å²) in [6.45, 7) is 17.0. The number of allylic oxidation sites excluding steroid dienone is 6. The van der Waals surface area contributed by atoms with Gasteiger partial charge in [-0.3, -0.25) is 9.59 Å².